The predicted molar refractivity (Wildman–Crippen MR) is 62.0 cm³/mol. The smallest absolute Gasteiger partial charge is 0.128 e. The molecular weight excluding hydrogens is 188 g/mol. The fourth-order valence-corrected chi connectivity index (χ4v) is 2.10. The highest BCUT2D eigenvalue weighted by Gasteiger charge is 2.27. The number of aryl methyl sites for hydroxylation is 2. The number of anilines is 1. The Bertz CT molecular complexity index is 352. The number of rotatable bonds is 4. The summed E-state index contributed by atoms with van der Waals surface area (Å²) in [5.74, 6) is 1.14. The molecule has 0 spiro atoms. The second kappa shape index (κ2) is 3.85. The van der Waals surface area contributed by atoms with Gasteiger partial charge in [0.05, 0.1) is 5.69 Å². The molecule has 0 radical (unpaired) electrons. The van der Waals surface area contributed by atoms with Crippen LogP contribution in [0, 0.1) is 6.92 Å². The van der Waals surface area contributed by atoms with Crippen molar-refractivity contribution in [3.05, 3.63) is 11.3 Å². The highest BCUT2D eigenvalue weighted by molar-refractivity contribution is 5.46. The van der Waals surface area contributed by atoms with Crippen molar-refractivity contribution in [3.8, 4) is 0 Å². The topological polar surface area (TPSA) is 33.1 Å². The second-order valence-electron chi connectivity index (χ2n) is 4.43. The normalized spacial score (nSPS) is 16.1. The van der Waals surface area contributed by atoms with Crippen molar-refractivity contribution in [2.75, 3.05) is 19.4 Å². The van der Waals surface area contributed by atoms with Crippen LogP contribution in [0.3, 0.4) is 0 Å². The molecule has 0 aliphatic heterocycles. The van der Waals surface area contributed by atoms with Gasteiger partial charge in [0, 0.05) is 32.2 Å². The van der Waals surface area contributed by atoms with E-state index in [-0.39, 0.29) is 0 Å². The Balaban J connectivity index is 2.18. The van der Waals surface area contributed by atoms with Crippen LogP contribution in [0.5, 0.6) is 0 Å². The maximum absolute atomic E-state index is 4.44. The molecule has 2 rings (SSSR count). The summed E-state index contributed by atoms with van der Waals surface area (Å²) in [5, 5.41) is 7.67. The maximum Gasteiger partial charge on any atom is 0.128 e. The molecule has 0 bridgehead atoms. The zero-order chi connectivity index (χ0) is 11.0. The summed E-state index contributed by atoms with van der Waals surface area (Å²) in [7, 11) is 6.14. The van der Waals surface area contributed by atoms with Crippen LogP contribution in [-0.4, -0.2) is 34.8 Å². The summed E-state index contributed by atoms with van der Waals surface area (Å²) in [4.78, 5) is 2.42. The lowest BCUT2D eigenvalue weighted by atomic mass is 10.2. The van der Waals surface area contributed by atoms with Crippen LogP contribution in [0.2, 0.25) is 0 Å². The van der Waals surface area contributed by atoms with Gasteiger partial charge in [0.1, 0.15) is 5.82 Å². The summed E-state index contributed by atoms with van der Waals surface area (Å²) in [5.41, 5.74) is 2.46. The van der Waals surface area contributed by atoms with E-state index in [0.29, 0.717) is 0 Å². The largest absolute Gasteiger partial charge is 0.373 e. The minimum Gasteiger partial charge on any atom is -0.373 e. The van der Waals surface area contributed by atoms with Crippen LogP contribution in [0.4, 0.5) is 5.82 Å². The summed E-state index contributed by atoms with van der Waals surface area (Å²) in [6.45, 7) is 3.08. The molecule has 0 saturated heterocycles. The Kier molecular flexibility index (Phi) is 2.69. The van der Waals surface area contributed by atoms with Gasteiger partial charge in [0.2, 0.25) is 0 Å². The molecule has 0 aromatic carbocycles. The van der Waals surface area contributed by atoms with E-state index in [1.807, 2.05) is 18.8 Å². The number of aromatic nitrogens is 2. The molecule has 15 heavy (non-hydrogen) atoms. The SMILES string of the molecule is CNc1c(CN(C)C2CC2)c(C)nn1C. The molecule has 84 valence electrons. The standard InChI is InChI=1S/C11H20N4/c1-8-10(7-14(3)9-5-6-9)11(12-2)15(4)13-8/h9,12H,5-7H2,1-4H3. The summed E-state index contributed by atoms with van der Waals surface area (Å²) in [6.07, 6.45) is 2.70. The average molecular weight is 208 g/mol. The highest BCUT2D eigenvalue weighted by Crippen LogP contribution is 2.29. The summed E-state index contributed by atoms with van der Waals surface area (Å²) >= 11 is 0. The molecule has 4 heteroatoms. The molecule has 1 N–H and O–H groups in total. The van der Waals surface area contributed by atoms with Crippen molar-refractivity contribution >= 4 is 5.82 Å². The third-order valence-electron chi connectivity index (χ3n) is 3.16. The number of hydrogen-bond acceptors (Lipinski definition) is 3. The first kappa shape index (κ1) is 10.5. The lowest BCUT2D eigenvalue weighted by molar-refractivity contribution is 0.316. The van der Waals surface area contributed by atoms with Gasteiger partial charge in [-0.1, -0.05) is 0 Å². The van der Waals surface area contributed by atoms with Crippen molar-refractivity contribution in [3.63, 3.8) is 0 Å². The Morgan fingerprint density at radius 2 is 2.20 bits per heavy atom. The zero-order valence-electron chi connectivity index (χ0n) is 10.0. The van der Waals surface area contributed by atoms with Crippen LogP contribution < -0.4 is 5.32 Å². The van der Waals surface area contributed by atoms with E-state index in [1.54, 1.807) is 0 Å². The minimum absolute atomic E-state index is 0.800. The number of nitrogens with zero attached hydrogens (tertiary/aromatic N) is 3. The van der Waals surface area contributed by atoms with Gasteiger partial charge in [-0.3, -0.25) is 9.58 Å². The molecule has 0 atom stereocenters. The lowest BCUT2D eigenvalue weighted by Crippen LogP contribution is -2.20. The van der Waals surface area contributed by atoms with Crippen molar-refractivity contribution in [1.29, 1.82) is 0 Å². The van der Waals surface area contributed by atoms with Crippen molar-refractivity contribution in [1.82, 2.24) is 14.7 Å². The van der Waals surface area contributed by atoms with E-state index in [2.05, 4.69) is 29.3 Å². The average Bonchev–Trinajstić information content (AvgIpc) is 2.96. The molecule has 1 saturated carbocycles. The first-order chi connectivity index (χ1) is 7.13. The van der Waals surface area contributed by atoms with Crippen molar-refractivity contribution < 1.29 is 0 Å². The lowest BCUT2D eigenvalue weighted by Gasteiger charge is -2.16. The molecule has 1 aliphatic carbocycles. The quantitative estimate of drug-likeness (QED) is 0.811. The molecular formula is C11H20N4. The van der Waals surface area contributed by atoms with Gasteiger partial charge in [-0.05, 0) is 26.8 Å². The Labute approximate surface area is 91.3 Å². The van der Waals surface area contributed by atoms with E-state index >= 15 is 0 Å². The third-order valence-corrected chi connectivity index (χ3v) is 3.16. The number of nitrogens with one attached hydrogen (secondary N) is 1. The van der Waals surface area contributed by atoms with E-state index in [4.69, 9.17) is 0 Å². The monoisotopic (exact) mass is 208 g/mol. The Morgan fingerprint density at radius 3 is 2.73 bits per heavy atom. The highest BCUT2D eigenvalue weighted by atomic mass is 15.3. The second-order valence-corrected chi connectivity index (χ2v) is 4.43. The predicted octanol–water partition coefficient (Wildman–Crippen LogP) is 1.36. The maximum atomic E-state index is 4.44. The van der Waals surface area contributed by atoms with Gasteiger partial charge in [-0.15, -0.1) is 0 Å². The van der Waals surface area contributed by atoms with Gasteiger partial charge in [0.15, 0.2) is 0 Å². The first-order valence-corrected chi connectivity index (χ1v) is 5.54. The fourth-order valence-electron chi connectivity index (χ4n) is 2.10. The van der Waals surface area contributed by atoms with Crippen LogP contribution in [0.25, 0.3) is 0 Å². The molecule has 1 aromatic rings. The molecule has 4 nitrogen and oxygen atoms in total. The van der Waals surface area contributed by atoms with Crippen LogP contribution in [0.1, 0.15) is 24.1 Å². The van der Waals surface area contributed by atoms with E-state index in [9.17, 15) is 0 Å². The molecule has 1 heterocycles. The van der Waals surface area contributed by atoms with Crippen LogP contribution >= 0.6 is 0 Å². The van der Waals surface area contributed by atoms with Crippen LogP contribution in [0.15, 0.2) is 0 Å². The van der Waals surface area contributed by atoms with Gasteiger partial charge >= 0.3 is 0 Å². The van der Waals surface area contributed by atoms with Crippen molar-refractivity contribution in [2.24, 2.45) is 7.05 Å². The Hall–Kier alpha value is -1.03. The van der Waals surface area contributed by atoms with Crippen LogP contribution in [-0.2, 0) is 13.6 Å². The number of hydrogen-bond donors (Lipinski definition) is 1. The fraction of sp³-hybridized carbons (Fsp3) is 0.727. The van der Waals surface area contributed by atoms with E-state index in [0.717, 1.165) is 24.1 Å². The third kappa shape index (κ3) is 2.00. The first-order valence-electron chi connectivity index (χ1n) is 5.54. The van der Waals surface area contributed by atoms with Gasteiger partial charge in [-0.25, -0.2) is 0 Å². The van der Waals surface area contributed by atoms with Crippen molar-refractivity contribution in [2.45, 2.75) is 32.4 Å². The summed E-state index contributed by atoms with van der Waals surface area (Å²) in [6, 6.07) is 0.800. The Morgan fingerprint density at radius 1 is 1.53 bits per heavy atom. The van der Waals surface area contributed by atoms with E-state index < -0.39 is 0 Å². The van der Waals surface area contributed by atoms with Gasteiger partial charge < -0.3 is 5.32 Å². The van der Waals surface area contributed by atoms with E-state index in [1.165, 1.54) is 18.4 Å². The zero-order valence-corrected chi connectivity index (χ0v) is 10.0. The van der Waals surface area contributed by atoms with Gasteiger partial charge in [-0.2, -0.15) is 5.10 Å². The molecule has 1 fully saturated rings. The minimum atomic E-state index is 0.800. The molecule has 1 aromatic heterocycles. The molecule has 0 unspecified atom stereocenters. The molecule has 1 aliphatic rings. The van der Waals surface area contributed by atoms with Gasteiger partial charge in [0.25, 0.3) is 0 Å². The summed E-state index contributed by atoms with van der Waals surface area (Å²) < 4.78 is 1.92. The molecule has 0 amide bonds.